The molecule has 0 aliphatic heterocycles. The summed E-state index contributed by atoms with van der Waals surface area (Å²) in [6.07, 6.45) is 8.10. The van der Waals surface area contributed by atoms with Crippen LogP contribution in [0.2, 0.25) is 0 Å². The highest BCUT2D eigenvalue weighted by atomic mass is 16.5. The lowest BCUT2D eigenvalue weighted by atomic mass is 9.78. The van der Waals surface area contributed by atoms with Crippen molar-refractivity contribution in [3.8, 4) is 39.8 Å². The number of para-hydroxylation sites is 1. The molecule has 3 heterocycles. The van der Waals surface area contributed by atoms with Crippen molar-refractivity contribution in [3.63, 3.8) is 0 Å². The molecule has 5 nitrogen and oxygen atoms in total. The molecule has 0 saturated carbocycles. The molecule has 0 radical (unpaired) electrons. The van der Waals surface area contributed by atoms with Gasteiger partial charge in [-0.3, -0.25) is 13.7 Å². The van der Waals surface area contributed by atoms with Gasteiger partial charge in [-0.15, -0.1) is 0 Å². The highest BCUT2D eigenvalue weighted by Gasteiger charge is 2.31. The standard InChI is InChI=1S/C64H62N4O/c1-61(2,3)48-32-33-65-60(39-48)68-57-29-21-20-28-55(57)56-31-30-53(41-58(56)68)69-54-38-50(63(7,8)46-24-16-12-17-25-46)37-51(40-54)66-42-59(64(9,10)47-26-18-13-19-27-47)67(43-66)52-35-45(44-22-14-11-15-23-44)34-49(36-52)62(4,5)6/h11-42H,1-10H3. The van der Waals surface area contributed by atoms with E-state index in [1.54, 1.807) is 0 Å². The molecule has 0 spiro atoms. The molecule has 10 aromatic rings. The maximum atomic E-state index is 7.09. The van der Waals surface area contributed by atoms with Crippen LogP contribution < -0.4 is 9.30 Å². The molecule has 0 fully saturated rings. The monoisotopic (exact) mass is 902 g/mol. The zero-order valence-corrected chi connectivity index (χ0v) is 41.7. The molecule has 0 saturated heterocycles. The minimum absolute atomic E-state index is 0.0307. The molecule has 0 aliphatic rings. The van der Waals surface area contributed by atoms with Gasteiger partial charge < -0.3 is 4.74 Å². The van der Waals surface area contributed by atoms with Crippen LogP contribution in [0.25, 0.3) is 50.1 Å². The smallest absolute Gasteiger partial charge is 0.269 e. The predicted molar refractivity (Wildman–Crippen MR) is 285 cm³/mol. The quantitative estimate of drug-likeness (QED) is 0.101. The Morgan fingerprint density at radius 2 is 1.09 bits per heavy atom. The number of benzene rings is 7. The topological polar surface area (TPSA) is 35.9 Å². The summed E-state index contributed by atoms with van der Waals surface area (Å²) in [5.41, 5.74) is 12.8. The second-order valence-electron chi connectivity index (χ2n) is 21.7. The molecule has 0 unspecified atom stereocenters. The fraction of sp³-hybridized carbons (Fsp3) is 0.219. The Bertz CT molecular complexity index is 3470. The Hall–Kier alpha value is -7.50. The molecule has 3 aromatic heterocycles. The number of pyridine rings is 1. The largest absolute Gasteiger partial charge is 0.458 e. The summed E-state index contributed by atoms with van der Waals surface area (Å²) >= 11 is 0. The molecule has 5 heteroatoms. The van der Waals surface area contributed by atoms with Gasteiger partial charge in [0.25, 0.3) is 6.33 Å². The van der Waals surface area contributed by atoms with Crippen LogP contribution in [-0.4, -0.2) is 14.1 Å². The molecular formula is C64H62N4O. The van der Waals surface area contributed by atoms with E-state index in [1.807, 2.05) is 6.20 Å². The van der Waals surface area contributed by atoms with E-state index in [4.69, 9.17) is 9.72 Å². The van der Waals surface area contributed by atoms with E-state index in [1.165, 1.54) is 38.8 Å². The number of rotatable bonds is 10. The van der Waals surface area contributed by atoms with Gasteiger partial charge >= 0.3 is 0 Å². The Labute approximate surface area is 408 Å². The van der Waals surface area contributed by atoms with Crippen LogP contribution in [0, 0.1) is 6.33 Å². The van der Waals surface area contributed by atoms with E-state index in [2.05, 4.69) is 277 Å². The Morgan fingerprint density at radius 1 is 0.464 bits per heavy atom. The van der Waals surface area contributed by atoms with Gasteiger partial charge in [0.15, 0.2) is 0 Å². The summed E-state index contributed by atoms with van der Waals surface area (Å²) in [6.45, 7) is 22.8. The van der Waals surface area contributed by atoms with E-state index in [0.29, 0.717) is 0 Å². The summed E-state index contributed by atoms with van der Waals surface area (Å²) in [5, 5.41) is 2.32. The third-order valence-electron chi connectivity index (χ3n) is 14.1. The summed E-state index contributed by atoms with van der Waals surface area (Å²) in [7, 11) is 0. The van der Waals surface area contributed by atoms with Crippen molar-refractivity contribution in [2.75, 3.05) is 0 Å². The highest BCUT2D eigenvalue weighted by Crippen LogP contribution is 2.40. The molecule has 0 bridgehead atoms. The molecule has 0 atom stereocenters. The summed E-state index contributed by atoms with van der Waals surface area (Å²) < 4.78 is 13.8. The zero-order chi connectivity index (χ0) is 48.3. The van der Waals surface area contributed by atoms with Crippen LogP contribution in [0.3, 0.4) is 0 Å². The SMILES string of the molecule is CC(C)(C)c1cc(-c2ccccc2)cc(-[n+]2[c-]n(-c3cc(Oc4ccc5c6ccccc6n(-c6cc(C(C)(C)C)ccn6)c5c4)cc(C(C)(C)c4ccccc4)c3)cc2C(C)(C)c2ccccc2)c1. The number of aromatic nitrogens is 4. The summed E-state index contributed by atoms with van der Waals surface area (Å²) in [6, 6.07) is 65.2. The van der Waals surface area contributed by atoms with Crippen molar-refractivity contribution >= 4 is 21.8 Å². The first-order valence-corrected chi connectivity index (χ1v) is 24.2. The number of fused-ring (bicyclic) bond motifs is 3. The average molecular weight is 903 g/mol. The fourth-order valence-electron chi connectivity index (χ4n) is 9.68. The lowest BCUT2D eigenvalue weighted by molar-refractivity contribution is -0.611. The van der Waals surface area contributed by atoms with Crippen LogP contribution in [0.5, 0.6) is 11.5 Å². The van der Waals surface area contributed by atoms with Gasteiger partial charge in [-0.25, -0.2) is 4.98 Å². The predicted octanol–water partition coefficient (Wildman–Crippen LogP) is 15.8. The molecule has 344 valence electrons. The van der Waals surface area contributed by atoms with Crippen LogP contribution >= 0.6 is 0 Å². The number of hydrogen-bond acceptors (Lipinski definition) is 2. The van der Waals surface area contributed by atoms with E-state index >= 15 is 0 Å². The first kappa shape index (κ1) is 45.3. The Balaban J connectivity index is 1.17. The molecule has 69 heavy (non-hydrogen) atoms. The third kappa shape index (κ3) is 8.67. The van der Waals surface area contributed by atoms with E-state index in [0.717, 1.165) is 56.4 Å². The van der Waals surface area contributed by atoms with E-state index < -0.39 is 5.41 Å². The fourth-order valence-corrected chi connectivity index (χ4v) is 9.68. The zero-order valence-electron chi connectivity index (χ0n) is 41.7. The molecule has 10 rings (SSSR count). The minimum atomic E-state index is -0.400. The van der Waals surface area contributed by atoms with Crippen LogP contribution in [0.4, 0.5) is 0 Å². The normalized spacial score (nSPS) is 12.5. The Morgan fingerprint density at radius 3 is 1.77 bits per heavy atom. The van der Waals surface area contributed by atoms with Crippen molar-refractivity contribution < 1.29 is 9.30 Å². The van der Waals surface area contributed by atoms with Gasteiger partial charge in [-0.05, 0) is 110 Å². The number of imidazole rings is 1. The van der Waals surface area contributed by atoms with Crippen LogP contribution in [0.1, 0.15) is 103 Å². The number of ether oxygens (including phenoxy) is 1. The third-order valence-corrected chi connectivity index (χ3v) is 14.1. The second kappa shape index (κ2) is 17.2. The van der Waals surface area contributed by atoms with Gasteiger partial charge in [0.2, 0.25) is 0 Å². The second-order valence-corrected chi connectivity index (χ2v) is 21.7. The van der Waals surface area contributed by atoms with Crippen LogP contribution in [-0.2, 0) is 21.7 Å². The summed E-state index contributed by atoms with van der Waals surface area (Å²) in [4.78, 5) is 4.94. The van der Waals surface area contributed by atoms with Crippen molar-refractivity contribution in [3.05, 3.63) is 234 Å². The lowest BCUT2D eigenvalue weighted by Crippen LogP contribution is -2.40. The van der Waals surface area contributed by atoms with E-state index in [9.17, 15) is 0 Å². The molecule has 0 aliphatic carbocycles. The molecular weight excluding hydrogens is 841 g/mol. The van der Waals surface area contributed by atoms with Crippen molar-refractivity contribution in [1.29, 1.82) is 0 Å². The molecule has 0 N–H and O–H groups in total. The highest BCUT2D eigenvalue weighted by molar-refractivity contribution is 6.09. The summed E-state index contributed by atoms with van der Waals surface area (Å²) in [5.74, 6) is 2.36. The first-order valence-electron chi connectivity index (χ1n) is 24.2. The number of nitrogens with zero attached hydrogens (tertiary/aromatic N) is 4. The van der Waals surface area contributed by atoms with Crippen molar-refractivity contribution in [2.24, 2.45) is 0 Å². The van der Waals surface area contributed by atoms with Crippen molar-refractivity contribution in [2.45, 2.75) is 90.9 Å². The van der Waals surface area contributed by atoms with Gasteiger partial charge in [-0.2, -0.15) is 0 Å². The van der Waals surface area contributed by atoms with Gasteiger partial charge in [0.05, 0.1) is 28.1 Å². The van der Waals surface area contributed by atoms with Gasteiger partial charge in [0, 0.05) is 40.1 Å². The maximum absolute atomic E-state index is 7.09. The van der Waals surface area contributed by atoms with Crippen LogP contribution in [0.15, 0.2) is 194 Å². The Kier molecular flexibility index (Phi) is 11.3. The number of hydrogen-bond donors (Lipinski definition) is 0. The maximum Gasteiger partial charge on any atom is 0.269 e. The van der Waals surface area contributed by atoms with Gasteiger partial charge in [0.1, 0.15) is 17.3 Å². The average Bonchev–Trinajstić information content (AvgIpc) is 3.95. The van der Waals surface area contributed by atoms with E-state index in [-0.39, 0.29) is 16.2 Å². The molecule has 7 aromatic carbocycles. The molecule has 0 amide bonds. The minimum Gasteiger partial charge on any atom is -0.458 e. The first-order chi connectivity index (χ1) is 32.9. The van der Waals surface area contributed by atoms with Crippen molar-refractivity contribution in [1.82, 2.24) is 14.1 Å². The lowest BCUT2D eigenvalue weighted by Gasteiger charge is -2.28. The van der Waals surface area contributed by atoms with Gasteiger partial charge in [-0.1, -0.05) is 184 Å².